The largest absolute Gasteiger partial charge is 0.467 e. The van der Waals surface area contributed by atoms with Crippen LogP contribution in [0.4, 0.5) is 0 Å². The number of thiazole rings is 1. The van der Waals surface area contributed by atoms with Crippen LogP contribution in [0.25, 0.3) is 10.2 Å². The van der Waals surface area contributed by atoms with Crippen LogP contribution in [0.15, 0.2) is 28.6 Å². The number of likely N-dealkylation sites (tertiary alicyclic amines) is 1. The highest BCUT2D eigenvalue weighted by atomic mass is 32.2. The number of rotatable bonds is 5. The Hall–Kier alpha value is -2.13. The summed E-state index contributed by atoms with van der Waals surface area (Å²) in [5, 5.41) is 0. The van der Waals surface area contributed by atoms with E-state index in [2.05, 4.69) is 4.98 Å². The maximum atomic E-state index is 12.6. The van der Waals surface area contributed by atoms with Gasteiger partial charge in [0.05, 0.1) is 29.6 Å². The Morgan fingerprint density at radius 2 is 2.12 bits per heavy atom. The molecular formula is C17H18N2O5S2. The zero-order valence-electron chi connectivity index (χ0n) is 14.3. The van der Waals surface area contributed by atoms with E-state index in [9.17, 15) is 14.4 Å². The maximum Gasteiger partial charge on any atom is 0.328 e. The Bertz CT molecular complexity index is 804. The molecule has 26 heavy (non-hydrogen) atoms. The van der Waals surface area contributed by atoms with Gasteiger partial charge in [-0.05, 0) is 12.1 Å². The molecule has 1 aromatic carbocycles. The average Bonchev–Trinajstić information content (AvgIpc) is 3.22. The SMILES string of the molecule is COC(=O)C1CC(OC(C)=O)CN1C(=O)CSc1nc2ccccc2s1. The number of benzene rings is 1. The van der Waals surface area contributed by atoms with Gasteiger partial charge in [-0.1, -0.05) is 23.9 Å². The molecule has 7 nitrogen and oxygen atoms in total. The number of carbonyl (C=O) groups is 3. The first kappa shape index (κ1) is 18.7. The lowest BCUT2D eigenvalue weighted by Gasteiger charge is -2.21. The van der Waals surface area contributed by atoms with Crippen molar-refractivity contribution in [2.24, 2.45) is 0 Å². The van der Waals surface area contributed by atoms with Crippen molar-refractivity contribution in [2.75, 3.05) is 19.4 Å². The Morgan fingerprint density at radius 1 is 1.35 bits per heavy atom. The van der Waals surface area contributed by atoms with Crippen LogP contribution < -0.4 is 0 Å². The van der Waals surface area contributed by atoms with Gasteiger partial charge in [-0.25, -0.2) is 9.78 Å². The molecule has 0 aliphatic carbocycles. The fourth-order valence-corrected chi connectivity index (χ4v) is 4.83. The van der Waals surface area contributed by atoms with Gasteiger partial charge in [0.1, 0.15) is 12.1 Å². The number of nitrogens with zero attached hydrogens (tertiary/aromatic N) is 2. The van der Waals surface area contributed by atoms with Gasteiger partial charge >= 0.3 is 11.9 Å². The molecule has 1 aliphatic rings. The van der Waals surface area contributed by atoms with Gasteiger partial charge in [0.25, 0.3) is 0 Å². The van der Waals surface area contributed by atoms with E-state index in [0.29, 0.717) is 0 Å². The van der Waals surface area contributed by atoms with Crippen molar-refractivity contribution in [1.82, 2.24) is 9.88 Å². The summed E-state index contributed by atoms with van der Waals surface area (Å²) in [6.45, 7) is 1.50. The summed E-state index contributed by atoms with van der Waals surface area (Å²) >= 11 is 2.86. The van der Waals surface area contributed by atoms with Gasteiger partial charge < -0.3 is 14.4 Å². The summed E-state index contributed by atoms with van der Waals surface area (Å²) in [5.74, 6) is -0.992. The zero-order chi connectivity index (χ0) is 18.7. The molecule has 2 heterocycles. The van der Waals surface area contributed by atoms with Crippen LogP contribution in [0.2, 0.25) is 0 Å². The summed E-state index contributed by atoms with van der Waals surface area (Å²) < 4.78 is 11.8. The third-order valence-electron chi connectivity index (χ3n) is 3.98. The number of para-hydroxylation sites is 1. The van der Waals surface area contributed by atoms with E-state index in [-0.39, 0.29) is 24.6 Å². The second kappa shape index (κ2) is 8.05. The molecule has 0 radical (unpaired) electrons. The van der Waals surface area contributed by atoms with E-state index in [1.165, 1.54) is 42.0 Å². The summed E-state index contributed by atoms with van der Waals surface area (Å²) in [7, 11) is 1.28. The summed E-state index contributed by atoms with van der Waals surface area (Å²) in [4.78, 5) is 41.7. The van der Waals surface area contributed by atoms with E-state index in [0.717, 1.165) is 14.6 Å². The molecule has 3 rings (SSSR count). The number of fused-ring (bicyclic) bond motifs is 1. The Morgan fingerprint density at radius 3 is 2.81 bits per heavy atom. The molecule has 1 fully saturated rings. The zero-order valence-corrected chi connectivity index (χ0v) is 16.0. The van der Waals surface area contributed by atoms with Crippen LogP contribution in [-0.4, -0.2) is 59.3 Å². The first-order valence-electron chi connectivity index (χ1n) is 8.01. The number of esters is 2. The number of methoxy groups -OCH3 is 1. The number of carbonyl (C=O) groups excluding carboxylic acids is 3. The second-order valence-electron chi connectivity index (χ2n) is 5.79. The van der Waals surface area contributed by atoms with Gasteiger partial charge in [-0.3, -0.25) is 9.59 Å². The second-order valence-corrected chi connectivity index (χ2v) is 8.04. The molecule has 9 heteroatoms. The van der Waals surface area contributed by atoms with E-state index < -0.39 is 24.1 Å². The van der Waals surface area contributed by atoms with Gasteiger partial charge in [-0.2, -0.15) is 0 Å². The van der Waals surface area contributed by atoms with Crippen LogP contribution in [0.1, 0.15) is 13.3 Å². The lowest BCUT2D eigenvalue weighted by Crippen LogP contribution is -2.42. The Kier molecular flexibility index (Phi) is 5.77. The highest BCUT2D eigenvalue weighted by Gasteiger charge is 2.41. The molecule has 2 aromatic rings. The fourth-order valence-electron chi connectivity index (χ4n) is 2.87. The van der Waals surface area contributed by atoms with Crippen molar-refractivity contribution in [3.05, 3.63) is 24.3 Å². The third-order valence-corrected chi connectivity index (χ3v) is 6.15. The van der Waals surface area contributed by atoms with E-state index in [1.807, 2.05) is 24.3 Å². The fraction of sp³-hybridized carbons (Fsp3) is 0.412. The first-order chi connectivity index (χ1) is 12.5. The van der Waals surface area contributed by atoms with Gasteiger partial charge in [0.2, 0.25) is 5.91 Å². The molecule has 2 atom stereocenters. The molecule has 0 N–H and O–H groups in total. The minimum absolute atomic E-state index is 0.153. The highest BCUT2D eigenvalue weighted by Crippen LogP contribution is 2.30. The Labute approximate surface area is 158 Å². The normalized spacial score (nSPS) is 19.5. The number of aromatic nitrogens is 1. The number of hydrogen-bond donors (Lipinski definition) is 0. The summed E-state index contributed by atoms with van der Waals surface area (Å²) in [5.41, 5.74) is 0.899. The van der Waals surface area contributed by atoms with Crippen LogP contribution in [-0.2, 0) is 23.9 Å². The molecule has 1 aromatic heterocycles. The molecule has 1 aliphatic heterocycles. The lowest BCUT2D eigenvalue weighted by atomic mass is 10.2. The van der Waals surface area contributed by atoms with E-state index in [4.69, 9.17) is 9.47 Å². The van der Waals surface area contributed by atoms with E-state index >= 15 is 0 Å². The van der Waals surface area contributed by atoms with Gasteiger partial charge in [0, 0.05) is 13.3 Å². The number of amides is 1. The van der Waals surface area contributed by atoms with Crippen LogP contribution >= 0.6 is 23.1 Å². The van der Waals surface area contributed by atoms with Crippen molar-refractivity contribution in [3.8, 4) is 0 Å². The topological polar surface area (TPSA) is 85.8 Å². The smallest absolute Gasteiger partial charge is 0.328 e. The van der Waals surface area contributed by atoms with Crippen molar-refractivity contribution in [2.45, 2.75) is 29.8 Å². The maximum absolute atomic E-state index is 12.6. The molecule has 1 saturated heterocycles. The summed E-state index contributed by atoms with van der Waals surface area (Å²) in [6.07, 6.45) is -0.239. The molecule has 0 spiro atoms. The number of ether oxygens (including phenoxy) is 2. The van der Waals surface area contributed by atoms with Gasteiger partial charge in [0.15, 0.2) is 4.34 Å². The number of thioether (sulfide) groups is 1. The predicted molar refractivity (Wildman–Crippen MR) is 98.0 cm³/mol. The molecule has 138 valence electrons. The predicted octanol–water partition coefficient (Wildman–Crippen LogP) is 2.09. The molecule has 0 saturated carbocycles. The number of hydrogen-bond acceptors (Lipinski definition) is 8. The molecule has 2 unspecified atom stereocenters. The highest BCUT2D eigenvalue weighted by molar-refractivity contribution is 8.01. The van der Waals surface area contributed by atoms with Crippen molar-refractivity contribution >= 4 is 51.2 Å². The third kappa shape index (κ3) is 4.16. The van der Waals surface area contributed by atoms with Crippen molar-refractivity contribution in [3.63, 3.8) is 0 Å². The van der Waals surface area contributed by atoms with Crippen molar-refractivity contribution < 1.29 is 23.9 Å². The van der Waals surface area contributed by atoms with E-state index in [1.54, 1.807) is 0 Å². The molecular weight excluding hydrogens is 376 g/mol. The van der Waals surface area contributed by atoms with Crippen LogP contribution in [0.3, 0.4) is 0 Å². The lowest BCUT2D eigenvalue weighted by molar-refractivity contribution is -0.150. The minimum atomic E-state index is -0.729. The van der Waals surface area contributed by atoms with Crippen molar-refractivity contribution in [1.29, 1.82) is 0 Å². The monoisotopic (exact) mass is 394 g/mol. The minimum Gasteiger partial charge on any atom is -0.467 e. The average molecular weight is 394 g/mol. The van der Waals surface area contributed by atoms with Crippen LogP contribution in [0, 0.1) is 0 Å². The molecule has 1 amide bonds. The Balaban J connectivity index is 1.66. The molecule has 0 bridgehead atoms. The standard InChI is InChI=1S/C17H18N2O5S2/c1-10(20)24-11-7-13(16(22)23-2)19(8-11)15(21)9-25-17-18-12-5-3-4-6-14(12)26-17/h3-6,11,13H,7-9H2,1-2H3. The summed E-state index contributed by atoms with van der Waals surface area (Å²) in [6, 6.07) is 7.04. The quantitative estimate of drug-likeness (QED) is 0.567. The van der Waals surface area contributed by atoms with Gasteiger partial charge in [-0.15, -0.1) is 11.3 Å². The first-order valence-corrected chi connectivity index (χ1v) is 9.81. The van der Waals surface area contributed by atoms with Crippen LogP contribution in [0.5, 0.6) is 0 Å².